The molecule has 4 nitrogen and oxygen atoms in total. The van der Waals surface area contributed by atoms with Crippen LogP contribution in [0.4, 0.5) is 0 Å². The molecule has 18 heavy (non-hydrogen) atoms. The molecule has 0 radical (unpaired) electrons. The average Bonchev–Trinajstić information content (AvgIpc) is 2.73. The molecular formula is C13H25N3OS. The van der Waals surface area contributed by atoms with E-state index in [-0.39, 0.29) is 5.54 Å². The van der Waals surface area contributed by atoms with E-state index in [9.17, 15) is 0 Å². The predicted molar refractivity (Wildman–Crippen MR) is 78.4 cm³/mol. The molecule has 2 rings (SSSR count). The first-order chi connectivity index (χ1) is 8.61. The van der Waals surface area contributed by atoms with Crippen LogP contribution >= 0.6 is 11.8 Å². The van der Waals surface area contributed by atoms with Crippen molar-refractivity contribution in [3.63, 3.8) is 0 Å². The zero-order valence-electron chi connectivity index (χ0n) is 11.7. The Morgan fingerprint density at radius 2 is 2.17 bits per heavy atom. The second-order valence-corrected chi connectivity index (χ2v) is 6.53. The maximum Gasteiger partial charge on any atom is 0.157 e. The van der Waals surface area contributed by atoms with Gasteiger partial charge in [-0.15, -0.1) is 0 Å². The summed E-state index contributed by atoms with van der Waals surface area (Å²) >= 11 is 1.87. The number of ether oxygens (including phenoxy) is 1. The minimum absolute atomic E-state index is 0.270. The van der Waals surface area contributed by atoms with Crippen molar-refractivity contribution >= 4 is 16.9 Å². The second-order valence-electron chi connectivity index (χ2n) is 5.57. The Hall–Kier alpha value is -0.260. The Bertz CT molecular complexity index is 301. The van der Waals surface area contributed by atoms with Crippen LogP contribution in [-0.2, 0) is 4.74 Å². The zero-order chi connectivity index (χ0) is 13.0. The van der Waals surface area contributed by atoms with Gasteiger partial charge in [0, 0.05) is 31.6 Å². The van der Waals surface area contributed by atoms with Gasteiger partial charge in [-0.1, -0.05) is 11.8 Å². The summed E-state index contributed by atoms with van der Waals surface area (Å²) in [5.74, 6) is 1.15. The molecule has 0 saturated carbocycles. The molecule has 1 N–H and O–H groups in total. The summed E-state index contributed by atoms with van der Waals surface area (Å²) < 4.78 is 5.43. The van der Waals surface area contributed by atoms with Crippen LogP contribution in [0.15, 0.2) is 4.99 Å². The number of amidine groups is 1. The van der Waals surface area contributed by atoms with E-state index in [1.807, 2.05) is 11.8 Å². The fourth-order valence-electron chi connectivity index (χ4n) is 2.19. The lowest BCUT2D eigenvalue weighted by Gasteiger charge is -2.32. The van der Waals surface area contributed by atoms with E-state index in [0.717, 1.165) is 50.1 Å². The van der Waals surface area contributed by atoms with Crippen molar-refractivity contribution in [1.82, 2.24) is 10.2 Å². The third kappa shape index (κ3) is 3.62. The molecular weight excluding hydrogens is 246 g/mol. The first-order valence-electron chi connectivity index (χ1n) is 6.85. The van der Waals surface area contributed by atoms with Gasteiger partial charge in [0.1, 0.15) is 0 Å². The minimum Gasteiger partial charge on any atom is -0.381 e. The zero-order valence-corrected chi connectivity index (χ0v) is 12.6. The highest BCUT2D eigenvalue weighted by molar-refractivity contribution is 8.14. The molecule has 0 amide bonds. The van der Waals surface area contributed by atoms with Gasteiger partial charge in [0.2, 0.25) is 0 Å². The number of thioether (sulfide) groups is 1. The Morgan fingerprint density at radius 1 is 1.44 bits per heavy atom. The molecule has 0 aromatic carbocycles. The Balaban J connectivity index is 1.77. The van der Waals surface area contributed by atoms with Crippen LogP contribution < -0.4 is 5.32 Å². The van der Waals surface area contributed by atoms with Crippen molar-refractivity contribution in [2.24, 2.45) is 4.99 Å². The number of hydrogen-bond donors (Lipinski definition) is 1. The van der Waals surface area contributed by atoms with Gasteiger partial charge < -0.3 is 15.0 Å². The highest BCUT2D eigenvalue weighted by atomic mass is 32.2. The normalized spacial score (nSPS) is 25.3. The molecule has 5 heteroatoms. The van der Waals surface area contributed by atoms with Gasteiger partial charge in [0.05, 0.1) is 12.1 Å². The van der Waals surface area contributed by atoms with Gasteiger partial charge in [0.25, 0.3) is 0 Å². The first kappa shape index (κ1) is 14.2. The van der Waals surface area contributed by atoms with Crippen LogP contribution in [0.25, 0.3) is 0 Å². The van der Waals surface area contributed by atoms with Gasteiger partial charge >= 0.3 is 0 Å². The van der Waals surface area contributed by atoms with Gasteiger partial charge in [-0.05, 0) is 33.7 Å². The predicted octanol–water partition coefficient (Wildman–Crippen LogP) is 1.57. The topological polar surface area (TPSA) is 36.9 Å². The smallest absolute Gasteiger partial charge is 0.157 e. The third-order valence-electron chi connectivity index (χ3n) is 3.90. The molecule has 2 saturated heterocycles. The van der Waals surface area contributed by atoms with Crippen LogP contribution in [0.3, 0.4) is 0 Å². The summed E-state index contributed by atoms with van der Waals surface area (Å²) in [7, 11) is 2.15. The van der Waals surface area contributed by atoms with Gasteiger partial charge in [-0.2, -0.15) is 0 Å². The Kier molecular flexibility index (Phi) is 4.92. The molecule has 0 aromatic heterocycles. The van der Waals surface area contributed by atoms with Gasteiger partial charge in [-0.25, -0.2) is 0 Å². The lowest BCUT2D eigenvalue weighted by Crippen LogP contribution is -2.48. The number of likely N-dealkylation sites (N-methyl/N-ethyl adjacent to an activating group) is 1. The summed E-state index contributed by atoms with van der Waals surface area (Å²) in [4.78, 5) is 7.01. The van der Waals surface area contributed by atoms with E-state index in [2.05, 4.69) is 36.1 Å². The van der Waals surface area contributed by atoms with Crippen LogP contribution in [0, 0.1) is 0 Å². The molecule has 2 heterocycles. The fraction of sp³-hybridized carbons (Fsp3) is 0.923. The largest absolute Gasteiger partial charge is 0.381 e. The van der Waals surface area contributed by atoms with Crippen molar-refractivity contribution < 1.29 is 4.74 Å². The quantitative estimate of drug-likeness (QED) is 0.842. The number of nitrogens with one attached hydrogen (secondary N) is 1. The van der Waals surface area contributed by atoms with Crippen molar-refractivity contribution in [3.8, 4) is 0 Å². The number of rotatable bonds is 4. The van der Waals surface area contributed by atoms with E-state index >= 15 is 0 Å². The molecule has 0 atom stereocenters. The number of nitrogens with zero attached hydrogens (tertiary/aromatic N) is 2. The van der Waals surface area contributed by atoms with E-state index < -0.39 is 0 Å². The number of aliphatic imine (C=N–C) groups is 1. The molecule has 2 aliphatic heterocycles. The average molecular weight is 271 g/mol. The molecule has 0 unspecified atom stereocenters. The van der Waals surface area contributed by atoms with E-state index in [1.54, 1.807) is 0 Å². The molecule has 0 bridgehead atoms. The lowest BCUT2D eigenvalue weighted by atomic mass is 9.93. The Morgan fingerprint density at radius 3 is 2.83 bits per heavy atom. The van der Waals surface area contributed by atoms with Crippen LogP contribution in [0.1, 0.15) is 26.7 Å². The van der Waals surface area contributed by atoms with E-state index in [4.69, 9.17) is 4.74 Å². The minimum atomic E-state index is 0.270. The van der Waals surface area contributed by atoms with E-state index in [1.165, 1.54) is 0 Å². The van der Waals surface area contributed by atoms with Crippen molar-refractivity contribution in [1.29, 1.82) is 0 Å². The number of hydrogen-bond acceptors (Lipinski definition) is 4. The lowest BCUT2D eigenvalue weighted by molar-refractivity contribution is 0.0555. The highest BCUT2D eigenvalue weighted by Gasteiger charge is 2.38. The monoisotopic (exact) mass is 271 g/mol. The van der Waals surface area contributed by atoms with Crippen molar-refractivity contribution in [3.05, 3.63) is 0 Å². The summed E-state index contributed by atoms with van der Waals surface area (Å²) in [5.41, 5.74) is 0.270. The van der Waals surface area contributed by atoms with E-state index in [0.29, 0.717) is 6.04 Å². The first-order valence-corrected chi connectivity index (χ1v) is 7.83. The van der Waals surface area contributed by atoms with Crippen molar-refractivity contribution in [2.45, 2.75) is 38.3 Å². The molecule has 104 valence electrons. The standard InChI is InChI=1S/C13H25N3OS/c1-11(2)16(3)7-6-14-12-15-13(10-18-12)4-8-17-9-5-13/h11H,4-10H2,1-3H3,(H,14,15). The van der Waals surface area contributed by atoms with Crippen LogP contribution in [-0.4, -0.2) is 60.8 Å². The maximum absolute atomic E-state index is 5.43. The molecule has 1 spiro atoms. The van der Waals surface area contributed by atoms with Crippen LogP contribution in [0.2, 0.25) is 0 Å². The Labute approximate surface area is 115 Å². The SMILES string of the molecule is CC(C)N(C)CCN=C1NC2(CCOCC2)CS1. The van der Waals surface area contributed by atoms with Gasteiger partial charge in [0.15, 0.2) is 5.17 Å². The second kappa shape index (κ2) is 6.26. The van der Waals surface area contributed by atoms with Crippen molar-refractivity contribution in [2.75, 3.05) is 39.1 Å². The fourth-order valence-corrected chi connectivity index (χ4v) is 3.43. The molecule has 0 aromatic rings. The third-order valence-corrected chi connectivity index (χ3v) is 5.10. The summed E-state index contributed by atoms with van der Waals surface area (Å²) in [6.07, 6.45) is 2.23. The summed E-state index contributed by atoms with van der Waals surface area (Å²) in [6.45, 7) is 8.11. The molecule has 0 aliphatic carbocycles. The summed E-state index contributed by atoms with van der Waals surface area (Å²) in [5, 5.41) is 4.76. The maximum atomic E-state index is 5.43. The summed E-state index contributed by atoms with van der Waals surface area (Å²) in [6, 6.07) is 0.594. The van der Waals surface area contributed by atoms with Gasteiger partial charge in [-0.3, -0.25) is 4.99 Å². The molecule has 2 fully saturated rings. The highest BCUT2D eigenvalue weighted by Crippen LogP contribution is 2.31. The molecule has 2 aliphatic rings. The van der Waals surface area contributed by atoms with Crippen LogP contribution in [0.5, 0.6) is 0 Å².